The van der Waals surface area contributed by atoms with Gasteiger partial charge in [0.15, 0.2) is 0 Å². The van der Waals surface area contributed by atoms with Crippen LogP contribution in [0.15, 0.2) is 18.2 Å². The van der Waals surface area contributed by atoms with Gasteiger partial charge in [0.05, 0.1) is 11.4 Å². The highest BCUT2D eigenvalue weighted by Crippen LogP contribution is 2.29. The minimum Gasteiger partial charge on any atom is -0.397 e. The van der Waals surface area contributed by atoms with Crippen LogP contribution in [0.1, 0.15) is 50.5 Å². The summed E-state index contributed by atoms with van der Waals surface area (Å²) in [6.07, 6.45) is 8.03. The second-order valence-corrected chi connectivity index (χ2v) is 6.18. The third-order valence-corrected chi connectivity index (χ3v) is 4.46. The number of rotatable bonds is 6. The molecule has 0 aromatic heterocycles. The van der Waals surface area contributed by atoms with Gasteiger partial charge in [-0.2, -0.15) is 0 Å². The molecule has 1 radical (unpaired) electrons. The number of hydroxylamine groups is 1. The zero-order valence-electron chi connectivity index (χ0n) is 13.0. The zero-order valence-corrected chi connectivity index (χ0v) is 13.0. The molecule has 0 heterocycles. The summed E-state index contributed by atoms with van der Waals surface area (Å²) in [4.78, 5) is 11.9. The summed E-state index contributed by atoms with van der Waals surface area (Å²) < 4.78 is 0. The second kappa shape index (κ2) is 8.03. The van der Waals surface area contributed by atoms with E-state index in [2.05, 4.69) is 12.2 Å². The molecule has 1 fully saturated rings. The molecule has 0 saturated heterocycles. The molecule has 5 nitrogen and oxygen atoms in total. The van der Waals surface area contributed by atoms with Crippen LogP contribution in [0.25, 0.3) is 0 Å². The predicted molar refractivity (Wildman–Crippen MR) is 88.5 cm³/mol. The molecule has 0 aliphatic heterocycles. The molecule has 1 aromatic carbocycles. The van der Waals surface area contributed by atoms with Gasteiger partial charge >= 0.3 is 0 Å². The lowest BCUT2D eigenvalue weighted by molar-refractivity contribution is -0.130. The molecule has 5 heteroatoms. The minimum atomic E-state index is -0.490. The largest absolute Gasteiger partial charge is 0.397 e. The molecule has 1 saturated carbocycles. The Hall–Kier alpha value is -1.75. The predicted octanol–water partition coefficient (Wildman–Crippen LogP) is 3.10. The van der Waals surface area contributed by atoms with Gasteiger partial charge in [-0.3, -0.25) is 10.0 Å². The summed E-state index contributed by atoms with van der Waals surface area (Å²) in [7, 11) is 0. The molecule has 1 aromatic rings. The van der Waals surface area contributed by atoms with Gasteiger partial charge in [0.2, 0.25) is 0 Å². The number of hydrogen-bond acceptors (Lipinski definition) is 4. The van der Waals surface area contributed by atoms with Gasteiger partial charge in [-0.15, -0.1) is 0 Å². The van der Waals surface area contributed by atoms with Crippen LogP contribution < -0.4 is 16.5 Å². The molecular formula is C17H26N3O2. The molecule has 0 unspecified atom stereocenters. The van der Waals surface area contributed by atoms with Crippen LogP contribution in [0.3, 0.4) is 0 Å². The number of carbonyl (C=O) groups is 1. The Balaban J connectivity index is 1.99. The van der Waals surface area contributed by atoms with Gasteiger partial charge < -0.3 is 11.1 Å². The maximum Gasteiger partial charge on any atom is 0.265 e. The van der Waals surface area contributed by atoms with Gasteiger partial charge in [-0.25, -0.2) is 5.48 Å². The van der Waals surface area contributed by atoms with Crippen molar-refractivity contribution in [2.24, 2.45) is 5.92 Å². The molecule has 1 aliphatic rings. The van der Waals surface area contributed by atoms with E-state index in [9.17, 15) is 4.79 Å². The van der Waals surface area contributed by atoms with Gasteiger partial charge in [0.25, 0.3) is 5.91 Å². The lowest BCUT2D eigenvalue weighted by Crippen LogP contribution is -2.38. The van der Waals surface area contributed by atoms with Crippen molar-refractivity contribution < 1.29 is 10.0 Å². The van der Waals surface area contributed by atoms with Crippen LogP contribution in [0.5, 0.6) is 0 Å². The quantitative estimate of drug-likeness (QED) is 0.369. The summed E-state index contributed by atoms with van der Waals surface area (Å²) in [6, 6.07) is 4.91. The molecule has 0 bridgehead atoms. The molecular weight excluding hydrogens is 278 g/mol. The SMILES string of the molecule is [CH2]c1ccc(N)c(N[C@@H](CCC2CCCCC2)C(=O)NO)c1. The number of anilines is 2. The maximum absolute atomic E-state index is 11.9. The van der Waals surface area contributed by atoms with Crippen LogP contribution in [0, 0.1) is 12.8 Å². The van der Waals surface area contributed by atoms with Crippen molar-refractivity contribution in [2.45, 2.75) is 51.0 Å². The number of nitrogens with one attached hydrogen (secondary N) is 2. The first-order valence-corrected chi connectivity index (χ1v) is 8.02. The van der Waals surface area contributed by atoms with E-state index in [1.54, 1.807) is 11.5 Å². The van der Waals surface area contributed by atoms with Crippen molar-refractivity contribution >= 4 is 17.3 Å². The standard InChI is InChI=1S/C17H26N3O2/c1-12-7-9-14(18)16(11-12)19-15(17(21)20-22)10-8-13-5-3-2-4-6-13/h7,9,11,13,15,19,22H,1-6,8,10,18H2,(H,20,21)/t15-/m0/s1. The van der Waals surface area contributed by atoms with Crippen molar-refractivity contribution in [1.82, 2.24) is 5.48 Å². The van der Waals surface area contributed by atoms with Crippen molar-refractivity contribution in [3.8, 4) is 0 Å². The highest BCUT2D eigenvalue weighted by Gasteiger charge is 2.21. The van der Waals surface area contributed by atoms with Crippen molar-refractivity contribution in [1.29, 1.82) is 0 Å². The number of amides is 1. The number of nitrogen functional groups attached to an aromatic ring is 1. The number of benzene rings is 1. The zero-order chi connectivity index (χ0) is 15.9. The lowest BCUT2D eigenvalue weighted by Gasteiger charge is -2.25. The normalized spacial score (nSPS) is 17.0. The fourth-order valence-electron chi connectivity index (χ4n) is 3.14. The van der Waals surface area contributed by atoms with E-state index in [0.29, 0.717) is 23.7 Å². The van der Waals surface area contributed by atoms with Crippen LogP contribution >= 0.6 is 0 Å². The van der Waals surface area contributed by atoms with E-state index in [0.717, 1.165) is 12.0 Å². The van der Waals surface area contributed by atoms with Crippen molar-refractivity contribution in [3.63, 3.8) is 0 Å². The molecule has 0 spiro atoms. The minimum absolute atomic E-state index is 0.426. The summed E-state index contributed by atoms with van der Waals surface area (Å²) >= 11 is 0. The van der Waals surface area contributed by atoms with E-state index in [1.807, 2.05) is 12.1 Å². The topological polar surface area (TPSA) is 87.4 Å². The molecule has 1 atom stereocenters. The molecule has 2 rings (SSSR count). The van der Waals surface area contributed by atoms with Crippen molar-refractivity contribution in [3.05, 3.63) is 30.7 Å². The van der Waals surface area contributed by atoms with Crippen LogP contribution in [-0.4, -0.2) is 17.2 Å². The number of nitrogens with two attached hydrogens (primary N) is 1. The van der Waals surface area contributed by atoms with E-state index in [-0.39, 0.29) is 0 Å². The first-order valence-electron chi connectivity index (χ1n) is 8.02. The first-order chi connectivity index (χ1) is 10.6. The van der Waals surface area contributed by atoms with Crippen LogP contribution in [0.2, 0.25) is 0 Å². The van der Waals surface area contributed by atoms with Gasteiger partial charge in [-0.1, -0.05) is 38.2 Å². The van der Waals surface area contributed by atoms with E-state index in [4.69, 9.17) is 10.9 Å². The average molecular weight is 304 g/mol. The first kappa shape index (κ1) is 16.6. The van der Waals surface area contributed by atoms with Gasteiger partial charge in [-0.05, 0) is 43.4 Å². The van der Waals surface area contributed by atoms with E-state index in [1.165, 1.54) is 32.1 Å². The Morgan fingerprint density at radius 3 is 2.77 bits per heavy atom. The summed E-state index contributed by atoms with van der Waals surface area (Å²) in [5, 5.41) is 12.1. The van der Waals surface area contributed by atoms with E-state index >= 15 is 0 Å². The Morgan fingerprint density at radius 2 is 2.09 bits per heavy atom. The van der Waals surface area contributed by atoms with Crippen LogP contribution in [-0.2, 0) is 4.79 Å². The fourth-order valence-corrected chi connectivity index (χ4v) is 3.14. The molecule has 1 amide bonds. The monoisotopic (exact) mass is 304 g/mol. The Labute approximate surface area is 132 Å². The number of carbonyl (C=O) groups excluding carboxylic acids is 1. The Kier molecular flexibility index (Phi) is 6.07. The highest BCUT2D eigenvalue weighted by molar-refractivity contribution is 5.85. The van der Waals surface area contributed by atoms with Crippen molar-refractivity contribution in [2.75, 3.05) is 11.1 Å². The summed E-state index contributed by atoms with van der Waals surface area (Å²) in [5.41, 5.74) is 9.76. The van der Waals surface area contributed by atoms with Crippen LogP contribution in [0.4, 0.5) is 11.4 Å². The molecule has 5 N–H and O–H groups in total. The molecule has 1 aliphatic carbocycles. The third-order valence-electron chi connectivity index (χ3n) is 4.46. The smallest absolute Gasteiger partial charge is 0.265 e. The summed E-state index contributed by atoms with van der Waals surface area (Å²) in [5.74, 6) is 0.255. The second-order valence-electron chi connectivity index (χ2n) is 6.18. The fraction of sp³-hybridized carbons (Fsp3) is 0.529. The Morgan fingerprint density at radius 1 is 1.36 bits per heavy atom. The van der Waals surface area contributed by atoms with Gasteiger partial charge in [0, 0.05) is 0 Å². The highest BCUT2D eigenvalue weighted by atomic mass is 16.5. The lowest BCUT2D eigenvalue weighted by atomic mass is 9.85. The van der Waals surface area contributed by atoms with E-state index < -0.39 is 11.9 Å². The maximum atomic E-state index is 11.9. The number of hydrogen-bond donors (Lipinski definition) is 4. The van der Waals surface area contributed by atoms with Gasteiger partial charge in [0.1, 0.15) is 6.04 Å². The average Bonchev–Trinajstić information content (AvgIpc) is 2.54. The Bertz CT molecular complexity index is 499. The molecule has 121 valence electrons. The summed E-state index contributed by atoms with van der Waals surface area (Å²) in [6.45, 7) is 3.87. The third kappa shape index (κ3) is 4.63. The molecule has 22 heavy (non-hydrogen) atoms.